The molecule has 2 aliphatic rings. The standard InChI is InChI=1S/C38H46N6O5/c1-9-41(7)22-34(46)44-20-30-33(21-44)48-36(40-30)28-15-11-14-27(24(28)3)26-13-10-12-25(23(26)2)18-32(45)35-39-29-19-43(17-16-31(29)42(35)8)37(47)49-38(4,5)6/h10-15H,9,16-22H2,1-8H3. The van der Waals surface area contributed by atoms with Crippen molar-refractivity contribution in [2.75, 3.05) is 26.7 Å². The smallest absolute Gasteiger partial charge is 0.410 e. The van der Waals surface area contributed by atoms with Gasteiger partial charge < -0.3 is 23.5 Å². The van der Waals surface area contributed by atoms with Crippen molar-refractivity contribution in [3.05, 3.63) is 81.8 Å². The van der Waals surface area contributed by atoms with Gasteiger partial charge in [0.15, 0.2) is 5.82 Å². The van der Waals surface area contributed by atoms with Gasteiger partial charge in [-0.15, -0.1) is 0 Å². The first kappa shape index (κ1) is 34.1. The van der Waals surface area contributed by atoms with Crippen LogP contribution in [0.3, 0.4) is 0 Å². The highest BCUT2D eigenvalue weighted by atomic mass is 16.6. The second-order valence-corrected chi connectivity index (χ2v) is 14.2. The number of fused-ring (bicyclic) bond motifs is 2. The Morgan fingerprint density at radius 3 is 2.29 bits per heavy atom. The number of aromatic nitrogens is 3. The van der Waals surface area contributed by atoms with Crippen molar-refractivity contribution in [2.45, 2.75) is 79.6 Å². The lowest BCUT2D eigenvalue weighted by atomic mass is 9.90. The fourth-order valence-corrected chi connectivity index (χ4v) is 6.61. The number of imidazole rings is 1. The molecule has 4 heterocycles. The summed E-state index contributed by atoms with van der Waals surface area (Å²) in [6.45, 7) is 14.6. The van der Waals surface area contributed by atoms with Crippen molar-refractivity contribution in [3.8, 4) is 22.6 Å². The fraction of sp³-hybridized carbons (Fsp3) is 0.447. The molecule has 0 spiro atoms. The average molecular weight is 667 g/mol. The third-order valence-corrected chi connectivity index (χ3v) is 9.56. The molecular weight excluding hydrogens is 620 g/mol. The lowest BCUT2D eigenvalue weighted by molar-refractivity contribution is -0.132. The molecule has 0 N–H and O–H groups in total. The van der Waals surface area contributed by atoms with Gasteiger partial charge in [0.05, 0.1) is 31.9 Å². The molecule has 0 saturated carbocycles. The number of carbonyl (C=O) groups excluding carboxylic acids is 3. The third-order valence-electron chi connectivity index (χ3n) is 9.56. The molecule has 0 atom stereocenters. The van der Waals surface area contributed by atoms with Crippen LogP contribution in [-0.2, 0) is 49.1 Å². The van der Waals surface area contributed by atoms with Gasteiger partial charge in [-0.2, -0.15) is 0 Å². The van der Waals surface area contributed by atoms with E-state index in [0.29, 0.717) is 50.9 Å². The Labute approximate surface area is 287 Å². The molecule has 49 heavy (non-hydrogen) atoms. The summed E-state index contributed by atoms with van der Waals surface area (Å²) in [6, 6.07) is 12.1. The van der Waals surface area contributed by atoms with Crippen LogP contribution in [-0.4, -0.2) is 79.3 Å². The van der Waals surface area contributed by atoms with E-state index >= 15 is 0 Å². The van der Waals surface area contributed by atoms with Crippen molar-refractivity contribution in [3.63, 3.8) is 0 Å². The SMILES string of the molecule is CCN(C)CC(=O)N1Cc2nc(-c3cccc(-c4cccc(CC(=O)c5nc6c(n5C)CCN(C(=O)OC(C)(C)C)C6)c4C)c3C)oc2C1. The molecular formula is C38H46N6O5. The summed E-state index contributed by atoms with van der Waals surface area (Å²) in [5.41, 5.74) is 7.88. The van der Waals surface area contributed by atoms with Crippen molar-refractivity contribution in [1.82, 2.24) is 29.2 Å². The molecule has 11 nitrogen and oxygen atoms in total. The summed E-state index contributed by atoms with van der Waals surface area (Å²) in [6.07, 6.45) is 0.438. The van der Waals surface area contributed by atoms with Gasteiger partial charge in [-0.25, -0.2) is 14.8 Å². The Kier molecular flexibility index (Phi) is 9.23. The van der Waals surface area contributed by atoms with E-state index in [-0.39, 0.29) is 24.2 Å². The minimum atomic E-state index is -0.582. The van der Waals surface area contributed by atoms with E-state index in [4.69, 9.17) is 19.1 Å². The molecule has 6 rings (SSSR count). The number of carbonyl (C=O) groups is 3. The number of ether oxygens (including phenoxy) is 1. The zero-order chi connectivity index (χ0) is 35.2. The van der Waals surface area contributed by atoms with Crippen LogP contribution in [0.25, 0.3) is 22.6 Å². The van der Waals surface area contributed by atoms with Crippen LogP contribution in [0.15, 0.2) is 40.8 Å². The van der Waals surface area contributed by atoms with Crippen LogP contribution in [0.5, 0.6) is 0 Å². The van der Waals surface area contributed by atoms with Crippen LogP contribution in [0, 0.1) is 13.8 Å². The molecule has 2 aliphatic heterocycles. The molecule has 0 bridgehead atoms. The molecule has 2 amide bonds. The van der Waals surface area contributed by atoms with Gasteiger partial charge in [-0.05, 0) is 82.1 Å². The maximum Gasteiger partial charge on any atom is 0.410 e. The first-order valence-corrected chi connectivity index (χ1v) is 16.9. The quantitative estimate of drug-likeness (QED) is 0.215. The predicted molar refractivity (Wildman–Crippen MR) is 186 cm³/mol. The molecule has 4 aromatic rings. The Morgan fingerprint density at radius 2 is 1.59 bits per heavy atom. The van der Waals surface area contributed by atoms with Crippen molar-refractivity contribution in [2.24, 2.45) is 7.05 Å². The summed E-state index contributed by atoms with van der Waals surface area (Å²) in [4.78, 5) is 54.1. The van der Waals surface area contributed by atoms with E-state index in [9.17, 15) is 14.4 Å². The van der Waals surface area contributed by atoms with Gasteiger partial charge in [-0.1, -0.05) is 37.3 Å². The van der Waals surface area contributed by atoms with E-state index in [1.54, 1.807) is 9.80 Å². The van der Waals surface area contributed by atoms with Gasteiger partial charge >= 0.3 is 6.09 Å². The van der Waals surface area contributed by atoms with Crippen LogP contribution >= 0.6 is 0 Å². The minimum Gasteiger partial charge on any atom is -0.444 e. The fourth-order valence-electron chi connectivity index (χ4n) is 6.61. The number of amides is 2. The highest BCUT2D eigenvalue weighted by Crippen LogP contribution is 2.36. The van der Waals surface area contributed by atoms with Crippen molar-refractivity contribution < 1.29 is 23.5 Å². The predicted octanol–water partition coefficient (Wildman–Crippen LogP) is 5.87. The van der Waals surface area contributed by atoms with Gasteiger partial charge in [0.1, 0.15) is 17.1 Å². The third kappa shape index (κ3) is 6.90. The highest BCUT2D eigenvalue weighted by Gasteiger charge is 2.32. The number of Topliss-reactive ketones (excluding diaryl/α,β-unsaturated/α-hetero) is 1. The van der Waals surface area contributed by atoms with Crippen LogP contribution < -0.4 is 0 Å². The topological polar surface area (TPSA) is 114 Å². The number of nitrogens with zero attached hydrogens (tertiary/aromatic N) is 6. The van der Waals surface area contributed by atoms with Gasteiger partial charge in [-0.3, -0.25) is 14.5 Å². The Balaban J connectivity index is 1.19. The molecule has 11 heteroatoms. The van der Waals surface area contributed by atoms with Crippen molar-refractivity contribution in [1.29, 1.82) is 0 Å². The maximum absolute atomic E-state index is 13.7. The summed E-state index contributed by atoms with van der Waals surface area (Å²) in [5, 5.41) is 0. The number of rotatable bonds is 8. The van der Waals surface area contributed by atoms with Gasteiger partial charge in [0.25, 0.3) is 0 Å². The molecule has 0 radical (unpaired) electrons. The highest BCUT2D eigenvalue weighted by molar-refractivity contribution is 5.95. The first-order valence-electron chi connectivity index (χ1n) is 16.9. The summed E-state index contributed by atoms with van der Waals surface area (Å²) in [5.74, 6) is 1.68. The van der Waals surface area contributed by atoms with E-state index in [0.717, 1.165) is 62.8 Å². The second-order valence-electron chi connectivity index (χ2n) is 14.2. The van der Waals surface area contributed by atoms with Crippen LogP contribution in [0.1, 0.15) is 77.8 Å². The van der Waals surface area contributed by atoms with Gasteiger partial charge in [0.2, 0.25) is 17.6 Å². The summed E-state index contributed by atoms with van der Waals surface area (Å²) < 4.78 is 13.7. The van der Waals surface area contributed by atoms with E-state index in [1.807, 2.05) is 82.4 Å². The number of benzene rings is 2. The number of hydrogen-bond acceptors (Lipinski definition) is 8. The molecule has 258 valence electrons. The lowest BCUT2D eigenvalue weighted by Crippen LogP contribution is -2.40. The first-order chi connectivity index (χ1) is 23.2. The zero-order valence-electron chi connectivity index (χ0n) is 29.8. The number of likely N-dealkylation sites (N-methyl/N-ethyl adjacent to an activating group) is 1. The van der Waals surface area contributed by atoms with Crippen LogP contribution in [0.2, 0.25) is 0 Å². The number of oxazole rings is 1. The Hall–Kier alpha value is -4.77. The molecule has 0 saturated heterocycles. The number of hydrogen-bond donors (Lipinski definition) is 0. The monoisotopic (exact) mass is 666 g/mol. The molecule has 0 unspecified atom stereocenters. The molecule has 0 fully saturated rings. The Bertz CT molecular complexity index is 1910. The molecule has 0 aliphatic carbocycles. The minimum absolute atomic E-state index is 0.0680. The maximum atomic E-state index is 13.7. The summed E-state index contributed by atoms with van der Waals surface area (Å²) in [7, 11) is 3.81. The zero-order valence-corrected chi connectivity index (χ0v) is 29.8. The number of ketones is 1. The molecule has 2 aromatic carbocycles. The van der Waals surface area contributed by atoms with Gasteiger partial charge in [0, 0.05) is 37.7 Å². The van der Waals surface area contributed by atoms with Crippen LogP contribution in [0.4, 0.5) is 4.79 Å². The molecule has 2 aromatic heterocycles. The van der Waals surface area contributed by atoms with Crippen molar-refractivity contribution >= 4 is 17.8 Å². The van der Waals surface area contributed by atoms with E-state index < -0.39 is 5.60 Å². The average Bonchev–Trinajstić information content (AvgIpc) is 3.73. The van der Waals surface area contributed by atoms with E-state index in [1.165, 1.54) is 0 Å². The summed E-state index contributed by atoms with van der Waals surface area (Å²) >= 11 is 0. The largest absolute Gasteiger partial charge is 0.444 e. The lowest BCUT2D eigenvalue weighted by Gasteiger charge is -2.29. The van der Waals surface area contributed by atoms with E-state index in [2.05, 4.69) is 19.1 Å². The normalized spacial score (nSPS) is 14.3. The second kappa shape index (κ2) is 13.3. The Morgan fingerprint density at radius 1 is 0.918 bits per heavy atom.